The summed E-state index contributed by atoms with van der Waals surface area (Å²) in [4.78, 5) is 18.3. The Morgan fingerprint density at radius 1 is 1.37 bits per heavy atom. The summed E-state index contributed by atoms with van der Waals surface area (Å²) in [5.74, 6) is -3.62. The Labute approximate surface area is 155 Å². The fraction of sp³-hybridized carbons (Fsp3) is 0.312. The fourth-order valence-corrected chi connectivity index (χ4v) is 4.18. The molecule has 5 N–H and O–H groups in total. The van der Waals surface area contributed by atoms with Gasteiger partial charge in [-0.25, -0.2) is 0 Å². The Balaban J connectivity index is 2.41. The van der Waals surface area contributed by atoms with Crippen LogP contribution in [0.4, 0.5) is 10.1 Å². The first-order valence-electron chi connectivity index (χ1n) is 7.66. The van der Waals surface area contributed by atoms with Gasteiger partial charge in [0.15, 0.2) is 0 Å². The third-order valence-electron chi connectivity index (χ3n) is 4.21. The molecule has 0 fully saturated rings. The van der Waals surface area contributed by atoms with Gasteiger partial charge in [0, 0.05) is 17.0 Å². The Hall–Kier alpha value is -2.63. The largest absolute Gasteiger partial charge is 0.508 e. The number of allylic oxidation sites excluding steroid dienone is 2. The van der Waals surface area contributed by atoms with Crippen molar-refractivity contribution in [1.29, 1.82) is 0 Å². The lowest BCUT2D eigenvalue weighted by atomic mass is 9.84. The summed E-state index contributed by atoms with van der Waals surface area (Å²) < 4.78 is 26.6. The third-order valence-corrected chi connectivity index (χ3v) is 5.97. The number of non-ortho nitro benzene ring substituents is 1. The van der Waals surface area contributed by atoms with Gasteiger partial charge >= 0.3 is 5.97 Å². The van der Waals surface area contributed by atoms with E-state index in [0.717, 1.165) is 30.3 Å². The lowest BCUT2D eigenvalue weighted by Gasteiger charge is -2.37. The average molecular weight is 400 g/mol. The Morgan fingerprint density at radius 3 is 2.44 bits per heavy atom. The molecule has 0 spiro atoms. The minimum Gasteiger partial charge on any atom is -0.508 e. The second-order valence-corrected chi connectivity index (χ2v) is 7.50. The molecule has 0 saturated carbocycles. The van der Waals surface area contributed by atoms with E-state index in [-0.39, 0.29) is 22.6 Å². The predicted molar refractivity (Wildman–Crippen MR) is 92.9 cm³/mol. The summed E-state index contributed by atoms with van der Waals surface area (Å²) in [6.07, 6.45) is 1.90. The van der Waals surface area contributed by atoms with Crippen LogP contribution in [0.2, 0.25) is 0 Å². The summed E-state index contributed by atoms with van der Waals surface area (Å²) in [6.45, 7) is -1.24. The standard InChI is InChI=1S/C16H17FN2O7S/c17-8-12-9(7-13(18)15(21)22)1-6-14(20)16(12,23)27(26)11-4-2-10(3-5-11)19(24)25/h1-6,12-13,20,23H,7-8,18H2,(H,21,22). The summed E-state index contributed by atoms with van der Waals surface area (Å²) in [6, 6.07) is 2.98. The maximum absolute atomic E-state index is 13.7. The molecule has 2 rings (SSSR count). The molecule has 9 nitrogen and oxygen atoms in total. The van der Waals surface area contributed by atoms with E-state index in [1.54, 1.807) is 0 Å². The highest BCUT2D eigenvalue weighted by Gasteiger charge is 2.50. The maximum atomic E-state index is 13.7. The van der Waals surface area contributed by atoms with Crippen LogP contribution in [0.25, 0.3) is 0 Å². The summed E-state index contributed by atoms with van der Waals surface area (Å²) in [5, 5.41) is 40.7. The zero-order valence-electron chi connectivity index (χ0n) is 13.8. The number of aliphatic hydroxyl groups excluding tert-OH is 1. The van der Waals surface area contributed by atoms with E-state index in [2.05, 4.69) is 0 Å². The number of nitro benzene ring substituents is 1. The van der Waals surface area contributed by atoms with E-state index in [9.17, 15) is 33.7 Å². The first-order chi connectivity index (χ1) is 12.6. The smallest absolute Gasteiger partial charge is 0.320 e. The highest BCUT2D eigenvalue weighted by Crippen LogP contribution is 2.41. The lowest BCUT2D eigenvalue weighted by molar-refractivity contribution is -0.384. The molecule has 11 heteroatoms. The number of carboxylic acid groups (broad SMARTS) is 1. The van der Waals surface area contributed by atoms with Crippen molar-refractivity contribution in [3.05, 3.63) is 57.9 Å². The number of carbonyl (C=O) groups is 1. The molecular formula is C16H17FN2O7S. The fourth-order valence-electron chi connectivity index (χ4n) is 2.70. The van der Waals surface area contributed by atoms with E-state index in [1.807, 2.05) is 0 Å². The van der Waals surface area contributed by atoms with Gasteiger partial charge in [-0.15, -0.1) is 0 Å². The van der Waals surface area contributed by atoms with E-state index >= 15 is 0 Å². The number of aliphatic carboxylic acids is 1. The van der Waals surface area contributed by atoms with Crippen LogP contribution >= 0.6 is 0 Å². The molecule has 4 unspecified atom stereocenters. The molecule has 0 amide bonds. The molecule has 0 bridgehead atoms. The van der Waals surface area contributed by atoms with Gasteiger partial charge in [-0.05, 0) is 24.6 Å². The van der Waals surface area contributed by atoms with Crippen LogP contribution in [0, 0.1) is 16.0 Å². The lowest BCUT2D eigenvalue weighted by Crippen LogP contribution is -2.48. The van der Waals surface area contributed by atoms with Crippen LogP contribution in [0.1, 0.15) is 6.42 Å². The number of nitrogens with two attached hydrogens (primary N) is 1. The number of rotatable bonds is 7. The van der Waals surface area contributed by atoms with Crippen LogP contribution in [-0.4, -0.2) is 48.1 Å². The third kappa shape index (κ3) is 3.89. The number of aliphatic hydroxyl groups is 2. The molecule has 4 atom stereocenters. The topological polar surface area (TPSA) is 164 Å². The molecule has 0 aliphatic heterocycles. The normalized spacial score (nSPS) is 24.5. The molecule has 146 valence electrons. The van der Waals surface area contributed by atoms with Crippen LogP contribution in [-0.2, 0) is 15.6 Å². The van der Waals surface area contributed by atoms with Gasteiger partial charge in [-0.2, -0.15) is 0 Å². The first kappa shape index (κ1) is 20.7. The number of nitro groups is 1. The Bertz CT molecular complexity index is 840. The van der Waals surface area contributed by atoms with Crippen molar-refractivity contribution in [3.63, 3.8) is 0 Å². The van der Waals surface area contributed by atoms with Gasteiger partial charge in [-0.3, -0.25) is 23.5 Å². The van der Waals surface area contributed by atoms with Crippen molar-refractivity contribution in [3.8, 4) is 0 Å². The number of benzene rings is 1. The van der Waals surface area contributed by atoms with Crippen molar-refractivity contribution in [2.75, 3.05) is 6.67 Å². The zero-order valence-corrected chi connectivity index (χ0v) is 14.6. The van der Waals surface area contributed by atoms with Crippen LogP contribution in [0.3, 0.4) is 0 Å². The monoisotopic (exact) mass is 400 g/mol. The molecule has 27 heavy (non-hydrogen) atoms. The minimum absolute atomic E-state index is 0.0722. The molecular weight excluding hydrogens is 383 g/mol. The highest BCUT2D eigenvalue weighted by atomic mass is 32.2. The van der Waals surface area contributed by atoms with Crippen molar-refractivity contribution in [2.24, 2.45) is 11.7 Å². The van der Waals surface area contributed by atoms with Crippen LogP contribution in [0.5, 0.6) is 0 Å². The minimum atomic E-state index is -2.58. The number of hydrogen-bond donors (Lipinski definition) is 4. The molecule has 1 aromatic carbocycles. The van der Waals surface area contributed by atoms with Crippen LogP contribution < -0.4 is 5.73 Å². The van der Waals surface area contributed by atoms with Crippen molar-refractivity contribution >= 4 is 22.5 Å². The van der Waals surface area contributed by atoms with Gasteiger partial charge in [0.2, 0.25) is 4.93 Å². The van der Waals surface area contributed by atoms with Crippen molar-refractivity contribution in [1.82, 2.24) is 0 Å². The first-order valence-corrected chi connectivity index (χ1v) is 8.81. The Morgan fingerprint density at radius 2 is 1.96 bits per heavy atom. The molecule has 1 aliphatic carbocycles. The van der Waals surface area contributed by atoms with Crippen molar-refractivity contribution in [2.45, 2.75) is 22.3 Å². The molecule has 0 radical (unpaired) electrons. The zero-order chi connectivity index (χ0) is 20.4. The van der Waals surface area contributed by atoms with Gasteiger partial charge in [-0.1, -0.05) is 11.6 Å². The van der Waals surface area contributed by atoms with Gasteiger partial charge in [0.25, 0.3) is 5.69 Å². The highest BCUT2D eigenvalue weighted by molar-refractivity contribution is 7.86. The molecule has 1 aromatic rings. The molecule has 1 aliphatic rings. The molecule has 0 saturated heterocycles. The van der Waals surface area contributed by atoms with Gasteiger partial charge in [0.05, 0.1) is 21.6 Å². The number of nitrogens with zero attached hydrogens (tertiary/aromatic N) is 1. The summed E-state index contributed by atoms with van der Waals surface area (Å²) in [7, 11) is -2.42. The Kier molecular flexibility index (Phi) is 6.08. The SMILES string of the molecule is NC(CC1=CC=C(O)C(O)(S(=O)c2ccc([N+](=O)[O-])cc2)C1CF)C(=O)O. The average Bonchev–Trinajstić information content (AvgIpc) is 2.64. The number of halogens is 1. The summed E-state index contributed by atoms with van der Waals surface area (Å²) >= 11 is 0. The molecule has 0 aromatic heterocycles. The second kappa shape index (κ2) is 7.94. The van der Waals surface area contributed by atoms with E-state index in [1.165, 1.54) is 6.08 Å². The van der Waals surface area contributed by atoms with E-state index in [0.29, 0.717) is 0 Å². The van der Waals surface area contributed by atoms with Gasteiger partial charge < -0.3 is 21.1 Å². The van der Waals surface area contributed by atoms with Crippen molar-refractivity contribution < 1.29 is 33.6 Å². The number of hydrogen-bond acceptors (Lipinski definition) is 7. The van der Waals surface area contributed by atoms with E-state index in [4.69, 9.17) is 10.8 Å². The second-order valence-electron chi connectivity index (χ2n) is 5.87. The maximum Gasteiger partial charge on any atom is 0.320 e. The predicted octanol–water partition coefficient (Wildman–Crippen LogP) is 1.16. The number of carboxylic acids is 1. The quantitative estimate of drug-likeness (QED) is 0.391. The van der Waals surface area contributed by atoms with Gasteiger partial charge in [0.1, 0.15) is 18.5 Å². The molecule has 0 heterocycles. The summed E-state index contributed by atoms with van der Waals surface area (Å²) in [5.41, 5.74) is 5.25. The van der Waals surface area contributed by atoms with E-state index < -0.39 is 51.0 Å². The number of alkyl halides is 1. The van der Waals surface area contributed by atoms with Crippen LogP contribution in [0.15, 0.2) is 52.6 Å².